The predicted octanol–water partition coefficient (Wildman–Crippen LogP) is 3.24. The Balaban J connectivity index is 1.59. The molecule has 2 aromatic carbocycles. The van der Waals surface area contributed by atoms with Gasteiger partial charge in [-0.15, -0.1) is 0 Å². The molecule has 1 atom stereocenters. The second-order valence-electron chi connectivity index (χ2n) is 6.14. The van der Waals surface area contributed by atoms with Crippen LogP contribution >= 0.6 is 0 Å². The lowest BCUT2D eigenvalue weighted by molar-refractivity contribution is -0.152. The number of para-hydroxylation sites is 1. The molecule has 0 aromatic heterocycles. The number of esters is 1. The molecule has 0 unspecified atom stereocenters. The van der Waals surface area contributed by atoms with E-state index >= 15 is 0 Å². The molecule has 0 fully saturated rings. The zero-order valence-corrected chi connectivity index (χ0v) is 14.9. The highest BCUT2D eigenvalue weighted by molar-refractivity contribution is 5.96. The molecule has 0 bridgehead atoms. The topological polar surface area (TPSA) is 64.6 Å². The van der Waals surface area contributed by atoms with Gasteiger partial charge in [-0.1, -0.05) is 37.3 Å². The fourth-order valence-electron chi connectivity index (χ4n) is 2.67. The van der Waals surface area contributed by atoms with Gasteiger partial charge in [0.2, 0.25) is 0 Å². The fraction of sp³-hybridized carbons (Fsp3) is 0.238. The average Bonchev–Trinajstić information content (AvgIpc) is 2.70. The van der Waals surface area contributed by atoms with Gasteiger partial charge in [0, 0.05) is 12.1 Å². The van der Waals surface area contributed by atoms with Crippen LogP contribution in [0, 0.1) is 5.82 Å². The first kappa shape index (κ1) is 18.6. The Morgan fingerprint density at radius 1 is 1.19 bits per heavy atom. The highest BCUT2D eigenvalue weighted by Gasteiger charge is 2.25. The minimum Gasteiger partial charge on any atom is -0.488 e. The lowest BCUT2D eigenvalue weighted by atomic mass is 10.1. The third kappa shape index (κ3) is 4.73. The third-order valence-corrected chi connectivity index (χ3v) is 4.19. The summed E-state index contributed by atoms with van der Waals surface area (Å²) in [7, 11) is 0. The van der Waals surface area contributed by atoms with Gasteiger partial charge in [0.1, 0.15) is 18.2 Å². The standard InChI is InChI=1S/C21H20FNO4/c1-2-18(20(24)23-12-14-7-9-17(22)10-8-14)27-21(25)16-11-15-5-3-4-6-19(15)26-13-16/h3-11,18H,2,12-13H2,1H3,(H,23,24)/t18-/m1/s1. The number of ether oxygens (including phenoxy) is 2. The fourth-order valence-corrected chi connectivity index (χ4v) is 2.67. The van der Waals surface area contributed by atoms with Crippen molar-refractivity contribution >= 4 is 18.0 Å². The van der Waals surface area contributed by atoms with Crippen molar-refractivity contribution in [1.82, 2.24) is 5.32 Å². The van der Waals surface area contributed by atoms with E-state index in [1.807, 2.05) is 24.3 Å². The van der Waals surface area contributed by atoms with Crippen molar-refractivity contribution < 1.29 is 23.5 Å². The zero-order chi connectivity index (χ0) is 19.2. The van der Waals surface area contributed by atoms with Gasteiger partial charge in [-0.25, -0.2) is 9.18 Å². The largest absolute Gasteiger partial charge is 0.488 e. The molecule has 0 radical (unpaired) electrons. The second-order valence-corrected chi connectivity index (χ2v) is 6.14. The maximum Gasteiger partial charge on any atom is 0.338 e. The average molecular weight is 369 g/mol. The zero-order valence-electron chi connectivity index (χ0n) is 14.9. The van der Waals surface area contributed by atoms with E-state index in [9.17, 15) is 14.0 Å². The van der Waals surface area contributed by atoms with E-state index in [0.717, 1.165) is 11.1 Å². The molecule has 6 heteroatoms. The van der Waals surface area contributed by atoms with Crippen molar-refractivity contribution in [3.8, 4) is 5.75 Å². The highest BCUT2D eigenvalue weighted by Crippen LogP contribution is 2.26. The van der Waals surface area contributed by atoms with E-state index < -0.39 is 18.0 Å². The van der Waals surface area contributed by atoms with Gasteiger partial charge < -0.3 is 14.8 Å². The second kappa shape index (κ2) is 8.49. The number of amides is 1. The molecule has 0 spiro atoms. The van der Waals surface area contributed by atoms with E-state index in [1.54, 1.807) is 25.1 Å². The molecule has 0 saturated carbocycles. The Labute approximate surface area is 156 Å². The molecule has 0 aliphatic carbocycles. The van der Waals surface area contributed by atoms with Gasteiger partial charge in [0.15, 0.2) is 6.10 Å². The number of nitrogens with one attached hydrogen (secondary N) is 1. The van der Waals surface area contributed by atoms with Gasteiger partial charge in [-0.05, 0) is 36.3 Å². The van der Waals surface area contributed by atoms with E-state index in [4.69, 9.17) is 9.47 Å². The molecule has 1 heterocycles. The summed E-state index contributed by atoms with van der Waals surface area (Å²) in [5.74, 6) is -0.602. The summed E-state index contributed by atoms with van der Waals surface area (Å²) in [5, 5.41) is 2.70. The smallest absolute Gasteiger partial charge is 0.338 e. The first-order valence-electron chi connectivity index (χ1n) is 8.72. The van der Waals surface area contributed by atoms with E-state index in [0.29, 0.717) is 17.7 Å². The molecule has 140 valence electrons. The van der Waals surface area contributed by atoms with Crippen molar-refractivity contribution in [3.05, 3.63) is 71.0 Å². The summed E-state index contributed by atoms with van der Waals surface area (Å²) >= 11 is 0. The molecular formula is C21H20FNO4. The third-order valence-electron chi connectivity index (χ3n) is 4.19. The van der Waals surface area contributed by atoms with Crippen LogP contribution in [0.2, 0.25) is 0 Å². The number of carbonyl (C=O) groups is 2. The summed E-state index contributed by atoms with van der Waals surface area (Å²) < 4.78 is 23.8. The van der Waals surface area contributed by atoms with Gasteiger partial charge in [-0.2, -0.15) is 0 Å². The summed E-state index contributed by atoms with van der Waals surface area (Å²) in [5.41, 5.74) is 1.91. The molecule has 1 N–H and O–H groups in total. The molecular weight excluding hydrogens is 349 g/mol. The van der Waals surface area contributed by atoms with E-state index in [2.05, 4.69) is 5.32 Å². The van der Waals surface area contributed by atoms with Crippen LogP contribution in [0.5, 0.6) is 5.75 Å². The van der Waals surface area contributed by atoms with Crippen LogP contribution in [0.15, 0.2) is 54.1 Å². The van der Waals surface area contributed by atoms with Gasteiger partial charge in [-0.3, -0.25) is 4.79 Å². The SMILES string of the molecule is CC[C@@H](OC(=O)C1=Cc2ccccc2OC1)C(=O)NCc1ccc(F)cc1. The van der Waals surface area contributed by atoms with Crippen LogP contribution in [0.4, 0.5) is 4.39 Å². The monoisotopic (exact) mass is 369 g/mol. The van der Waals surface area contributed by atoms with Crippen LogP contribution in [0.3, 0.4) is 0 Å². The Hall–Kier alpha value is -3.15. The molecule has 3 rings (SSSR count). The first-order valence-corrected chi connectivity index (χ1v) is 8.72. The Morgan fingerprint density at radius 2 is 1.93 bits per heavy atom. The van der Waals surface area contributed by atoms with E-state index in [-0.39, 0.29) is 19.0 Å². The van der Waals surface area contributed by atoms with Crippen molar-refractivity contribution in [2.24, 2.45) is 0 Å². The maximum absolute atomic E-state index is 12.9. The van der Waals surface area contributed by atoms with Crippen molar-refractivity contribution in [2.75, 3.05) is 6.61 Å². The molecule has 0 saturated heterocycles. The normalized spacial score (nSPS) is 13.6. The lowest BCUT2D eigenvalue weighted by Crippen LogP contribution is -2.37. The van der Waals surface area contributed by atoms with E-state index in [1.165, 1.54) is 12.1 Å². The van der Waals surface area contributed by atoms with Gasteiger partial charge in [0.05, 0.1) is 5.57 Å². The summed E-state index contributed by atoms with van der Waals surface area (Å²) in [6.07, 6.45) is 1.15. The van der Waals surface area contributed by atoms with Crippen molar-refractivity contribution in [3.63, 3.8) is 0 Å². The molecule has 27 heavy (non-hydrogen) atoms. The summed E-state index contributed by atoms with van der Waals surface area (Å²) in [6, 6.07) is 13.2. The number of carbonyl (C=O) groups excluding carboxylic acids is 2. The highest BCUT2D eigenvalue weighted by atomic mass is 19.1. The van der Waals surface area contributed by atoms with Gasteiger partial charge >= 0.3 is 5.97 Å². The molecule has 1 aliphatic heterocycles. The quantitative estimate of drug-likeness (QED) is 0.794. The summed E-state index contributed by atoms with van der Waals surface area (Å²) in [6.45, 7) is 2.09. The molecule has 1 aliphatic rings. The number of halogens is 1. The Morgan fingerprint density at radius 3 is 2.67 bits per heavy atom. The van der Waals surface area contributed by atoms with Crippen molar-refractivity contribution in [2.45, 2.75) is 26.0 Å². The minimum absolute atomic E-state index is 0.101. The first-order chi connectivity index (χ1) is 13.1. The van der Waals surface area contributed by atoms with Gasteiger partial charge in [0.25, 0.3) is 5.91 Å². The number of rotatable bonds is 6. The molecule has 2 aromatic rings. The van der Waals surface area contributed by atoms with Crippen LogP contribution in [-0.4, -0.2) is 24.6 Å². The number of benzene rings is 2. The minimum atomic E-state index is -0.906. The van der Waals surface area contributed by atoms with Crippen LogP contribution in [0.25, 0.3) is 6.08 Å². The lowest BCUT2D eigenvalue weighted by Gasteiger charge is -2.20. The number of fused-ring (bicyclic) bond motifs is 1. The maximum atomic E-state index is 12.9. The summed E-state index contributed by atoms with van der Waals surface area (Å²) in [4.78, 5) is 24.7. The molecule has 1 amide bonds. The predicted molar refractivity (Wildman–Crippen MR) is 98.3 cm³/mol. The van der Waals surface area contributed by atoms with Crippen LogP contribution < -0.4 is 10.1 Å². The Kier molecular flexibility index (Phi) is 5.86. The number of hydrogen-bond donors (Lipinski definition) is 1. The van der Waals surface area contributed by atoms with Crippen molar-refractivity contribution in [1.29, 1.82) is 0 Å². The van der Waals surface area contributed by atoms with Crippen LogP contribution in [-0.2, 0) is 20.9 Å². The molecule has 5 nitrogen and oxygen atoms in total. The Bertz CT molecular complexity index is 861. The number of hydrogen-bond acceptors (Lipinski definition) is 4. The van der Waals surface area contributed by atoms with Crippen LogP contribution in [0.1, 0.15) is 24.5 Å².